The van der Waals surface area contributed by atoms with E-state index < -0.39 is 10.0 Å². The number of anilines is 1. The van der Waals surface area contributed by atoms with E-state index >= 15 is 0 Å². The summed E-state index contributed by atoms with van der Waals surface area (Å²) in [7, 11) is -3.24. The maximum absolute atomic E-state index is 12.3. The van der Waals surface area contributed by atoms with Gasteiger partial charge in [0.25, 0.3) is 0 Å². The minimum absolute atomic E-state index is 0.228. The largest absolute Gasteiger partial charge is 0.283 e. The highest BCUT2D eigenvalue weighted by atomic mass is 79.9. The Hall–Kier alpha value is -0.550. The van der Waals surface area contributed by atoms with Crippen LogP contribution < -0.4 is 4.72 Å². The number of sulfonamides is 1. The van der Waals surface area contributed by atoms with Crippen LogP contribution in [0.15, 0.2) is 22.7 Å². The molecule has 0 atom stereocenters. The Labute approximate surface area is 117 Å². The highest BCUT2D eigenvalue weighted by Crippen LogP contribution is 2.27. The number of halogens is 1. The zero-order valence-corrected chi connectivity index (χ0v) is 12.9. The maximum Gasteiger partial charge on any atom is 0.235 e. The van der Waals surface area contributed by atoms with Gasteiger partial charge in [-0.25, -0.2) is 8.42 Å². The summed E-state index contributed by atoms with van der Waals surface area (Å²) in [5.74, 6) is 0. The van der Waals surface area contributed by atoms with Gasteiger partial charge in [-0.2, -0.15) is 0 Å². The summed E-state index contributed by atoms with van der Waals surface area (Å²) in [6.45, 7) is 1.91. The number of nitrogens with one attached hydrogen (secondary N) is 1. The van der Waals surface area contributed by atoms with E-state index in [0.717, 1.165) is 42.1 Å². The standard InChI is InChI=1S/C13H18BrNO2S/c1-10-9-11(14)7-8-13(10)15-18(16,17)12-5-3-2-4-6-12/h7-9,12,15H,2-6H2,1H3. The lowest BCUT2D eigenvalue weighted by molar-refractivity contribution is 0.486. The molecule has 0 spiro atoms. The van der Waals surface area contributed by atoms with Crippen molar-refractivity contribution in [2.24, 2.45) is 0 Å². The molecule has 3 nitrogen and oxygen atoms in total. The smallest absolute Gasteiger partial charge is 0.235 e. The van der Waals surface area contributed by atoms with Crippen LogP contribution in [0.4, 0.5) is 5.69 Å². The van der Waals surface area contributed by atoms with E-state index in [0.29, 0.717) is 5.69 Å². The molecular formula is C13H18BrNO2S. The number of aryl methyl sites for hydroxylation is 1. The average Bonchev–Trinajstić information content (AvgIpc) is 2.34. The minimum Gasteiger partial charge on any atom is -0.283 e. The van der Waals surface area contributed by atoms with Crippen molar-refractivity contribution in [1.29, 1.82) is 0 Å². The zero-order chi connectivity index (χ0) is 13.2. The summed E-state index contributed by atoms with van der Waals surface area (Å²) in [4.78, 5) is 0. The Morgan fingerprint density at radius 2 is 1.89 bits per heavy atom. The molecule has 1 fully saturated rings. The van der Waals surface area contributed by atoms with E-state index in [1.807, 2.05) is 19.1 Å². The molecule has 0 aliphatic heterocycles. The van der Waals surface area contributed by atoms with Crippen LogP contribution in [-0.4, -0.2) is 13.7 Å². The lowest BCUT2D eigenvalue weighted by atomic mass is 10.0. The molecule has 1 aromatic carbocycles. The Morgan fingerprint density at radius 1 is 1.22 bits per heavy atom. The quantitative estimate of drug-likeness (QED) is 0.914. The molecule has 18 heavy (non-hydrogen) atoms. The summed E-state index contributed by atoms with van der Waals surface area (Å²) in [5, 5.41) is -0.228. The predicted molar refractivity (Wildman–Crippen MR) is 78.3 cm³/mol. The molecule has 1 saturated carbocycles. The second-order valence-electron chi connectivity index (χ2n) is 4.87. The van der Waals surface area contributed by atoms with Gasteiger partial charge in [-0.3, -0.25) is 4.72 Å². The summed E-state index contributed by atoms with van der Waals surface area (Å²) in [6, 6.07) is 5.57. The first-order valence-electron chi connectivity index (χ1n) is 6.27. The first-order valence-corrected chi connectivity index (χ1v) is 8.61. The molecule has 0 heterocycles. The van der Waals surface area contributed by atoms with Gasteiger partial charge >= 0.3 is 0 Å². The molecule has 0 unspecified atom stereocenters. The Kier molecular flexibility index (Phi) is 4.33. The number of benzene rings is 1. The van der Waals surface area contributed by atoms with Crippen LogP contribution in [0.25, 0.3) is 0 Å². The van der Waals surface area contributed by atoms with Crippen molar-refractivity contribution >= 4 is 31.6 Å². The molecule has 0 radical (unpaired) electrons. The van der Waals surface area contributed by atoms with Crippen LogP contribution in [-0.2, 0) is 10.0 Å². The summed E-state index contributed by atoms with van der Waals surface area (Å²) in [5.41, 5.74) is 1.62. The van der Waals surface area contributed by atoms with Gasteiger partial charge < -0.3 is 0 Å². The second kappa shape index (κ2) is 5.61. The number of hydrogen-bond acceptors (Lipinski definition) is 2. The van der Waals surface area contributed by atoms with E-state index in [1.54, 1.807) is 6.07 Å². The fraction of sp³-hybridized carbons (Fsp3) is 0.538. The summed E-state index contributed by atoms with van der Waals surface area (Å²) in [6.07, 6.45) is 4.76. The van der Waals surface area contributed by atoms with E-state index in [4.69, 9.17) is 0 Å². The van der Waals surface area contributed by atoms with Crippen LogP contribution in [0.2, 0.25) is 0 Å². The monoisotopic (exact) mass is 331 g/mol. The SMILES string of the molecule is Cc1cc(Br)ccc1NS(=O)(=O)C1CCCCC1. The molecule has 1 aromatic rings. The molecule has 0 amide bonds. The first kappa shape index (κ1) is 13.9. The summed E-state index contributed by atoms with van der Waals surface area (Å²) < 4.78 is 28.2. The second-order valence-corrected chi connectivity index (χ2v) is 7.74. The molecule has 1 aliphatic rings. The molecule has 5 heteroatoms. The van der Waals surface area contributed by atoms with Crippen molar-refractivity contribution in [1.82, 2.24) is 0 Å². The van der Waals surface area contributed by atoms with Gasteiger partial charge in [-0.05, 0) is 43.5 Å². The van der Waals surface area contributed by atoms with Crippen LogP contribution in [0.1, 0.15) is 37.7 Å². The fourth-order valence-electron chi connectivity index (χ4n) is 2.35. The third kappa shape index (κ3) is 3.26. The van der Waals surface area contributed by atoms with Crippen molar-refractivity contribution < 1.29 is 8.42 Å². The van der Waals surface area contributed by atoms with Crippen molar-refractivity contribution in [3.63, 3.8) is 0 Å². The van der Waals surface area contributed by atoms with Crippen LogP contribution in [0.3, 0.4) is 0 Å². The lowest BCUT2D eigenvalue weighted by Gasteiger charge is -2.23. The lowest BCUT2D eigenvalue weighted by Crippen LogP contribution is -2.29. The molecule has 0 aromatic heterocycles. The van der Waals surface area contributed by atoms with E-state index in [-0.39, 0.29) is 5.25 Å². The van der Waals surface area contributed by atoms with Crippen molar-refractivity contribution in [2.45, 2.75) is 44.3 Å². The molecule has 1 N–H and O–H groups in total. The summed E-state index contributed by atoms with van der Waals surface area (Å²) >= 11 is 3.38. The molecule has 0 saturated heterocycles. The molecule has 100 valence electrons. The highest BCUT2D eigenvalue weighted by Gasteiger charge is 2.27. The molecule has 0 bridgehead atoms. The van der Waals surface area contributed by atoms with Gasteiger partial charge in [0.05, 0.1) is 10.9 Å². The topological polar surface area (TPSA) is 46.2 Å². The molecular weight excluding hydrogens is 314 g/mol. The zero-order valence-electron chi connectivity index (χ0n) is 10.4. The van der Waals surface area contributed by atoms with Gasteiger partial charge in [0.15, 0.2) is 0 Å². The van der Waals surface area contributed by atoms with Crippen molar-refractivity contribution in [2.75, 3.05) is 4.72 Å². The van der Waals surface area contributed by atoms with Crippen molar-refractivity contribution in [3.8, 4) is 0 Å². The van der Waals surface area contributed by atoms with E-state index in [2.05, 4.69) is 20.7 Å². The Bertz CT molecular complexity index is 522. The van der Waals surface area contributed by atoms with Gasteiger partial charge in [-0.1, -0.05) is 35.2 Å². The van der Waals surface area contributed by atoms with Gasteiger partial charge in [-0.15, -0.1) is 0 Å². The van der Waals surface area contributed by atoms with Crippen LogP contribution >= 0.6 is 15.9 Å². The van der Waals surface area contributed by atoms with Crippen LogP contribution in [0.5, 0.6) is 0 Å². The highest BCUT2D eigenvalue weighted by molar-refractivity contribution is 9.10. The average molecular weight is 332 g/mol. The number of hydrogen-bond donors (Lipinski definition) is 1. The van der Waals surface area contributed by atoms with Gasteiger partial charge in [0.1, 0.15) is 0 Å². The number of rotatable bonds is 3. The Morgan fingerprint density at radius 3 is 2.50 bits per heavy atom. The maximum atomic E-state index is 12.3. The normalized spacial score (nSPS) is 17.7. The Balaban J connectivity index is 2.16. The van der Waals surface area contributed by atoms with Gasteiger partial charge in [0, 0.05) is 4.47 Å². The fourth-order valence-corrected chi connectivity index (χ4v) is 4.49. The van der Waals surface area contributed by atoms with E-state index in [1.165, 1.54) is 0 Å². The van der Waals surface area contributed by atoms with Gasteiger partial charge in [0.2, 0.25) is 10.0 Å². The van der Waals surface area contributed by atoms with Crippen molar-refractivity contribution in [3.05, 3.63) is 28.2 Å². The molecule has 1 aliphatic carbocycles. The predicted octanol–water partition coefficient (Wildman–Crippen LogP) is 3.83. The first-order chi connectivity index (χ1) is 8.49. The van der Waals surface area contributed by atoms with Crippen LogP contribution in [0, 0.1) is 6.92 Å². The minimum atomic E-state index is -3.24. The molecule has 2 rings (SSSR count). The third-order valence-electron chi connectivity index (χ3n) is 3.43. The third-order valence-corrected chi connectivity index (χ3v) is 5.78. The van der Waals surface area contributed by atoms with E-state index in [9.17, 15) is 8.42 Å².